The number of anilines is 1. The summed E-state index contributed by atoms with van der Waals surface area (Å²) in [7, 11) is 1.58. The molecule has 0 fully saturated rings. The van der Waals surface area contributed by atoms with Crippen LogP contribution in [-0.4, -0.2) is 30.1 Å². The van der Waals surface area contributed by atoms with Gasteiger partial charge < -0.3 is 20.1 Å². The fourth-order valence-corrected chi connectivity index (χ4v) is 3.64. The maximum Gasteiger partial charge on any atom is 0.408 e. The van der Waals surface area contributed by atoms with E-state index in [-0.39, 0.29) is 18.4 Å². The van der Waals surface area contributed by atoms with E-state index in [1.807, 2.05) is 62.4 Å². The molecule has 2 N–H and O–H groups in total. The number of para-hydroxylation sites is 1. The van der Waals surface area contributed by atoms with Gasteiger partial charge in [0.2, 0.25) is 5.91 Å². The molecule has 7 nitrogen and oxygen atoms in total. The van der Waals surface area contributed by atoms with Gasteiger partial charge in [-0.25, -0.2) is 9.78 Å². The monoisotopic (exact) mass is 413 g/mol. The van der Waals surface area contributed by atoms with Gasteiger partial charge in [0, 0.05) is 0 Å². The van der Waals surface area contributed by atoms with Crippen LogP contribution in [0.2, 0.25) is 0 Å². The molecule has 0 saturated carbocycles. The minimum Gasteiger partial charge on any atom is -0.494 e. The summed E-state index contributed by atoms with van der Waals surface area (Å²) >= 11 is 1.34. The lowest BCUT2D eigenvalue weighted by Crippen LogP contribution is -2.47. The molecule has 1 aromatic heterocycles. The van der Waals surface area contributed by atoms with E-state index in [4.69, 9.17) is 9.47 Å². The lowest BCUT2D eigenvalue weighted by atomic mass is 10.0. The molecule has 1 heterocycles. The number of carbonyl (C=O) groups is 2. The average molecular weight is 413 g/mol. The van der Waals surface area contributed by atoms with E-state index in [0.29, 0.717) is 16.4 Å². The Hall–Kier alpha value is -3.13. The van der Waals surface area contributed by atoms with Gasteiger partial charge in [0.15, 0.2) is 5.13 Å². The first-order valence-corrected chi connectivity index (χ1v) is 10.0. The molecular weight excluding hydrogens is 390 g/mol. The standard InChI is InChI=1S/C21H23N3O4S/c1-13(2)17(23-21(26)28-12-14-8-5-4-6-9-14)19(25)24-20-22-18-15(27-3)10-7-11-16(18)29-20/h4-11,13,17H,12H2,1-3H3,(H,23,26)(H,22,24,25)/t17-/m0/s1. The first-order valence-electron chi connectivity index (χ1n) is 9.19. The van der Waals surface area contributed by atoms with Gasteiger partial charge in [0.25, 0.3) is 0 Å². The molecule has 152 valence electrons. The van der Waals surface area contributed by atoms with Crippen LogP contribution in [0.1, 0.15) is 19.4 Å². The number of carbonyl (C=O) groups excluding carboxylic acids is 2. The Morgan fingerprint density at radius 3 is 2.55 bits per heavy atom. The molecule has 3 rings (SSSR count). The van der Waals surface area contributed by atoms with Crippen LogP contribution in [0.4, 0.5) is 9.93 Å². The summed E-state index contributed by atoms with van der Waals surface area (Å²) in [5, 5.41) is 5.87. The Morgan fingerprint density at radius 1 is 1.10 bits per heavy atom. The summed E-state index contributed by atoms with van der Waals surface area (Å²) in [4.78, 5) is 29.4. The normalized spacial score (nSPS) is 11.9. The van der Waals surface area contributed by atoms with Crippen LogP contribution in [-0.2, 0) is 16.1 Å². The SMILES string of the molecule is COc1cccc2sc(NC(=O)[C@@H](NC(=O)OCc3ccccc3)C(C)C)nc12. The van der Waals surface area contributed by atoms with E-state index in [2.05, 4.69) is 15.6 Å². The van der Waals surface area contributed by atoms with Gasteiger partial charge in [0.1, 0.15) is 23.9 Å². The Balaban J connectivity index is 1.64. The Bertz CT molecular complexity index is 988. The smallest absolute Gasteiger partial charge is 0.408 e. The van der Waals surface area contributed by atoms with Crippen LogP contribution in [0, 0.1) is 5.92 Å². The van der Waals surface area contributed by atoms with E-state index in [1.54, 1.807) is 7.11 Å². The molecule has 0 radical (unpaired) electrons. The van der Waals surface area contributed by atoms with Gasteiger partial charge >= 0.3 is 6.09 Å². The molecule has 8 heteroatoms. The zero-order valence-corrected chi connectivity index (χ0v) is 17.3. The molecule has 0 unspecified atom stereocenters. The van der Waals surface area contributed by atoms with Crippen LogP contribution in [0.15, 0.2) is 48.5 Å². The first-order chi connectivity index (χ1) is 14.0. The highest BCUT2D eigenvalue weighted by Gasteiger charge is 2.26. The lowest BCUT2D eigenvalue weighted by Gasteiger charge is -2.20. The summed E-state index contributed by atoms with van der Waals surface area (Å²) in [5.41, 5.74) is 1.56. The summed E-state index contributed by atoms with van der Waals surface area (Å²) in [6.45, 7) is 3.84. The molecule has 0 aliphatic carbocycles. The van der Waals surface area contributed by atoms with Crippen LogP contribution >= 0.6 is 11.3 Å². The van der Waals surface area contributed by atoms with Crippen molar-refractivity contribution in [2.24, 2.45) is 5.92 Å². The van der Waals surface area contributed by atoms with Crippen molar-refractivity contribution >= 4 is 38.7 Å². The van der Waals surface area contributed by atoms with Crippen LogP contribution in [0.3, 0.4) is 0 Å². The molecule has 2 aromatic carbocycles. The zero-order chi connectivity index (χ0) is 20.8. The molecule has 3 aromatic rings. The maximum absolute atomic E-state index is 12.7. The Kier molecular flexibility index (Phi) is 6.66. The second-order valence-corrected chi connectivity index (χ2v) is 7.77. The number of hydrogen-bond donors (Lipinski definition) is 2. The quantitative estimate of drug-likeness (QED) is 0.606. The number of fused-ring (bicyclic) bond motifs is 1. The largest absolute Gasteiger partial charge is 0.494 e. The number of rotatable bonds is 7. The summed E-state index contributed by atoms with van der Waals surface area (Å²) in [6.07, 6.45) is -0.645. The minimum atomic E-state index is -0.757. The van der Waals surface area contributed by atoms with Gasteiger partial charge in [0.05, 0.1) is 11.8 Å². The molecule has 2 amide bonds. The fourth-order valence-electron chi connectivity index (χ4n) is 2.75. The molecule has 0 aliphatic rings. The number of nitrogens with zero attached hydrogens (tertiary/aromatic N) is 1. The first kappa shape index (κ1) is 20.6. The van der Waals surface area contributed by atoms with Crippen LogP contribution in [0.25, 0.3) is 10.2 Å². The van der Waals surface area contributed by atoms with Crippen molar-refractivity contribution in [1.29, 1.82) is 0 Å². The van der Waals surface area contributed by atoms with Gasteiger partial charge in [-0.1, -0.05) is 61.6 Å². The third-order valence-electron chi connectivity index (χ3n) is 4.27. The second-order valence-electron chi connectivity index (χ2n) is 6.74. The molecule has 0 bridgehead atoms. The summed E-state index contributed by atoms with van der Waals surface area (Å²) < 4.78 is 11.4. The number of methoxy groups -OCH3 is 1. The Morgan fingerprint density at radius 2 is 1.86 bits per heavy atom. The number of aromatic nitrogens is 1. The Labute approximate surface area is 173 Å². The number of hydrogen-bond acceptors (Lipinski definition) is 6. The number of alkyl carbamates (subject to hydrolysis) is 1. The van der Waals surface area contributed by atoms with E-state index >= 15 is 0 Å². The maximum atomic E-state index is 12.7. The van der Waals surface area contributed by atoms with Crippen molar-refractivity contribution in [3.05, 3.63) is 54.1 Å². The van der Waals surface area contributed by atoms with Gasteiger partial charge in [-0.15, -0.1) is 0 Å². The fraction of sp³-hybridized carbons (Fsp3) is 0.286. The molecular formula is C21H23N3O4S. The zero-order valence-electron chi connectivity index (χ0n) is 16.5. The molecule has 29 heavy (non-hydrogen) atoms. The second kappa shape index (κ2) is 9.38. The summed E-state index contributed by atoms with van der Waals surface area (Å²) in [5.74, 6) is 0.153. The number of amides is 2. The minimum absolute atomic E-state index is 0.136. The third-order valence-corrected chi connectivity index (χ3v) is 5.20. The number of thiazole rings is 1. The van der Waals surface area contributed by atoms with Crippen LogP contribution in [0.5, 0.6) is 5.75 Å². The van der Waals surface area contributed by atoms with Crippen LogP contribution < -0.4 is 15.4 Å². The third kappa shape index (κ3) is 5.23. The van der Waals surface area contributed by atoms with E-state index < -0.39 is 12.1 Å². The topological polar surface area (TPSA) is 89.6 Å². The number of nitrogens with one attached hydrogen (secondary N) is 2. The highest BCUT2D eigenvalue weighted by atomic mass is 32.1. The van der Waals surface area contributed by atoms with Crippen molar-refractivity contribution in [2.75, 3.05) is 12.4 Å². The highest BCUT2D eigenvalue weighted by molar-refractivity contribution is 7.22. The average Bonchev–Trinajstić information content (AvgIpc) is 3.13. The van der Waals surface area contributed by atoms with E-state index in [1.165, 1.54) is 11.3 Å². The lowest BCUT2D eigenvalue weighted by molar-refractivity contribution is -0.119. The predicted molar refractivity (Wildman–Crippen MR) is 113 cm³/mol. The van der Waals surface area contributed by atoms with Crippen molar-refractivity contribution in [3.8, 4) is 5.75 Å². The van der Waals surface area contributed by atoms with Crippen molar-refractivity contribution in [1.82, 2.24) is 10.3 Å². The van der Waals surface area contributed by atoms with Gasteiger partial charge in [-0.3, -0.25) is 4.79 Å². The predicted octanol–water partition coefficient (Wildman–Crippen LogP) is 4.19. The van der Waals surface area contributed by atoms with Crippen molar-refractivity contribution < 1.29 is 19.1 Å². The van der Waals surface area contributed by atoms with Crippen molar-refractivity contribution in [3.63, 3.8) is 0 Å². The van der Waals surface area contributed by atoms with E-state index in [9.17, 15) is 9.59 Å². The molecule has 0 saturated heterocycles. The molecule has 0 aliphatic heterocycles. The summed E-state index contributed by atoms with van der Waals surface area (Å²) in [6, 6.07) is 14.2. The van der Waals surface area contributed by atoms with Crippen molar-refractivity contribution in [2.45, 2.75) is 26.5 Å². The molecule has 0 spiro atoms. The van der Waals surface area contributed by atoms with Gasteiger partial charge in [-0.2, -0.15) is 0 Å². The number of benzene rings is 2. The molecule has 1 atom stereocenters. The highest BCUT2D eigenvalue weighted by Crippen LogP contribution is 2.32. The van der Waals surface area contributed by atoms with Gasteiger partial charge in [-0.05, 0) is 23.6 Å². The number of ether oxygens (including phenoxy) is 2. The van der Waals surface area contributed by atoms with E-state index in [0.717, 1.165) is 10.3 Å².